The zero-order chi connectivity index (χ0) is 27.0. The molecule has 8 aromatic carbocycles. The summed E-state index contributed by atoms with van der Waals surface area (Å²) >= 11 is 0. The van der Waals surface area contributed by atoms with Crippen molar-refractivity contribution >= 4 is 70.6 Å². The van der Waals surface area contributed by atoms with Crippen LogP contribution in [0.15, 0.2) is 109 Å². The minimum Gasteiger partial charge on any atom is -0.480 e. The average molecular weight is 514 g/mol. The molecule has 0 atom stereocenters. The summed E-state index contributed by atoms with van der Waals surface area (Å²) in [4.78, 5) is 13.0. The maximum Gasteiger partial charge on any atom is 0.324 e. The van der Waals surface area contributed by atoms with Gasteiger partial charge in [-0.15, -0.1) is 0 Å². The van der Waals surface area contributed by atoms with Crippen LogP contribution in [0.25, 0.3) is 64.6 Å². The van der Waals surface area contributed by atoms with Gasteiger partial charge in [-0.1, -0.05) is 109 Å². The third-order valence-corrected chi connectivity index (χ3v) is 8.85. The lowest BCUT2D eigenvalue weighted by molar-refractivity contribution is -0.145. The van der Waals surface area contributed by atoms with Gasteiger partial charge in [0.1, 0.15) is 0 Å². The van der Waals surface area contributed by atoms with Crippen LogP contribution in [0.4, 0.5) is 0 Å². The van der Waals surface area contributed by atoms with Gasteiger partial charge in [0.25, 0.3) is 0 Å². The van der Waals surface area contributed by atoms with Crippen LogP contribution in [0.5, 0.6) is 0 Å². The topological polar surface area (TPSA) is 61.1 Å². The number of carbonyl (C=O) groups is 1. The van der Waals surface area contributed by atoms with Crippen molar-refractivity contribution in [3.63, 3.8) is 0 Å². The summed E-state index contributed by atoms with van der Waals surface area (Å²) < 4.78 is 0. The molecule has 0 aliphatic heterocycles. The molecule has 3 heteroatoms. The van der Waals surface area contributed by atoms with Crippen LogP contribution in [-0.4, -0.2) is 11.1 Å². The average Bonchev–Trinajstić information content (AvgIpc) is 2.99. The summed E-state index contributed by atoms with van der Waals surface area (Å²) in [5.74, 6) is -1.09. The van der Waals surface area contributed by atoms with E-state index in [-0.39, 0.29) is 12.8 Å². The molecule has 0 spiro atoms. The number of hydrogen-bond acceptors (Lipinski definition) is 2. The van der Waals surface area contributed by atoms with Gasteiger partial charge in [-0.2, -0.15) is 5.26 Å². The Labute approximate surface area is 230 Å². The molecule has 0 amide bonds. The lowest BCUT2D eigenvalue weighted by atomic mass is 9.75. The van der Waals surface area contributed by atoms with Crippen molar-refractivity contribution in [2.45, 2.75) is 12.8 Å². The predicted molar refractivity (Wildman–Crippen MR) is 163 cm³/mol. The molecular formula is C37H23NO2. The molecule has 3 nitrogen and oxygen atoms in total. The summed E-state index contributed by atoms with van der Waals surface area (Å²) in [7, 11) is 0. The highest BCUT2D eigenvalue weighted by Gasteiger charge is 2.40. The molecule has 0 saturated heterocycles. The molecule has 0 radical (unpaired) electrons. The van der Waals surface area contributed by atoms with Gasteiger partial charge in [0.05, 0.1) is 6.07 Å². The molecule has 188 valence electrons. The third-order valence-electron chi connectivity index (χ3n) is 8.85. The highest BCUT2D eigenvalue weighted by Crippen LogP contribution is 2.41. The van der Waals surface area contributed by atoms with Crippen molar-refractivity contribution in [1.82, 2.24) is 0 Å². The van der Waals surface area contributed by atoms with E-state index in [0.29, 0.717) is 0 Å². The highest BCUT2D eigenvalue weighted by molar-refractivity contribution is 6.24. The smallest absolute Gasteiger partial charge is 0.324 e. The molecule has 0 heterocycles. The summed E-state index contributed by atoms with van der Waals surface area (Å²) in [6.45, 7) is 0. The van der Waals surface area contributed by atoms with Crippen molar-refractivity contribution in [3.8, 4) is 6.07 Å². The van der Waals surface area contributed by atoms with Crippen molar-refractivity contribution in [1.29, 1.82) is 5.26 Å². The van der Waals surface area contributed by atoms with Gasteiger partial charge in [-0.25, -0.2) is 0 Å². The Morgan fingerprint density at radius 3 is 1.27 bits per heavy atom. The van der Waals surface area contributed by atoms with E-state index in [9.17, 15) is 15.2 Å². The van der Waals surface area contributed by atoms with E-state index in [0.717, 1.165) is 65.0 Å². The van der Waals surface area contributed by atoms with E-state index < -0.39 is 11.4 Å². The van der Waals surface area contributed by atoms with Crippen LogP contribution in [0.1, 0.15) is 11.1 Å². The number of benzene rings is 8. The minimum absolute atomic E-state index is 0.120. The van der Waals surface area contributed by atoms with Crippen molar-refractivity contribution in [3.05, 3.63) is 120 Å². The Morgan fingerprint density at radius 2 is 0.900 bits per heavy atom. The lowest BCUT2D eigenvalue weighted by Crippen LogP contribution is -2.34. The third kappa shape index (κ3) is 3.08. The highest BCUT2D eigenvalue weighted by atomic mass is 16.4. The molecule has 0 fully saturated rings. The first-order valence-electron chi connectivity index (χ1n) is 13.5. The number of aliphatic carboxylic acids is 1. The van der Waals surface area contributed by atoms with E-state index in [2.05, 4.69) is 103 Å². The summed E-state index contributed by atoms with van der Waals surface area (Å²) in [5.41, 5.74) is 0.144. The molecule has 1 N–H and O–H groups in total. The maximum absolute atomic E-state index is 13.0. The monoisotopic (exact) mass is 513 g/mol. The second kappa shape index (κ2) is 8.15. The number of rotatable bonds is 5. The standard InChI is InChI=1S/C37H23NO2/c38-21-37(36(39)40,19-28-13-11-26-9-7-22-3-1-5-24-15-17-30(28)34(26)32(22)24)20-29-14-12-27-10-8-23-4-2-6-25-16-18-31(29)35(27)33(23)25/h1-18H,19-20H2,(H,39,40). The van der Waals surface area contributed by atoms with Gasteiger partial charge in [-0.3, -0.25) is 4.79 Å². The molecular weight excluding hydrogens is 490 g/mol. The van der Waals surface area contributed by atoms with Crippen molar-refractivity contribution in [2.75, 3.05) is 0 Å². The van der Waals surface area contributed by atoms with Crippen LogP contribution in [-0.2, 0) is 17.6 Å². The van der Waals surface area contributed by atoms with Gasteiger partial charge in [0, 0.05) is 12.8 Å². The molecule has 0 bridgehead atoms. The Hall–Kier alpha value is -5.20. The molecule has 0 aliphatic carbocycles. The number of nitriles is 1. The first-order valence-corrected chi connectivity index (χ1v) is 13.5. The van der Waals surface area contributed by atoms with Crippen LogP contribution < -0.4 is 0 Å². The van der Waals surface area contributed by atoms with Gasteiger partial charge in [-0.05, 0) is 75.8 Å². The fourth-order valence-electron chi connectivity index (χ4n) is 6.89. The van der Waals surface area contributed by atoms with Gasteiger partial charge < -0.3 is 5.11 Å². The molecule has 8 aromatic rings. The summed E-state index contributed by atoms with van der Waals surface area (Å²) in [6, 6.07) is 39.8. The van der Waals surface area contributed by atoms with Crippen molar-refractivity contribution < 1.29 is 9.90 Å². The normalized spacial score (nSPS) is 12.4. The van der Waals surface area contributed by atoms with E-state index >= 15 is 0 Å². The Morgan fingerprint density at radius 1 is 0.550 bits per heavy atom. The van der Waals surface area contributed by atoms with E-state index in [4.69, 9.17) is 0 Å². The predicted octanol–water partition coefficient (Wildman–Crippen LogP) is 8.86. The molecule has 0 aliphatic rings. The zero-order valence-corrected chi connectivity index (χ0v) is 21.6. The van der Waals surface area contributed by atoms with Crippen LogP contribution >= 0.6 is 0 Å². The summed E-state index contributed by atoms with van der Waals surface area (Å²) in [6.07, 6.45) is 0.240. The molecule has 0 saturated carbocycles. The van der Waals surface area contributed by atoms with Gasteiger partial charge in [0.2, 0.25) is 0 Å². The van der Waals surface area contributed by atoms with Crippen LogP contribution in [0.2, 0.25) is 0 Å². The first kappa shape index (κ1) is 22.8. The van der Waals surface area contributed by atoms with Crippen LogP contribution in [0.3, 0.4) is 0 Å². The van der Waals surface area contributed by atoms with Gasteiger partial charge in [0.15, 0.2) is 5.41 Å². The zero-order valence-electron chi connectivity index (χ0n) is 21.6. The summed E-state index contributed by atoms with van der Waals surface area (Å²) in [5, 5.41) is 34.7. The van der Waals surface area contributed by atoms with Gasteiger partial charge >= 0.3 is 5.97 Å². The molecule has 0 aromatic heterocycles. The number of hydrogen-bond donors (Lipinski definition) is 1. The Balaban J connectivity index is 1.31. The fourth-order valence-corrected chi connectivity index (χ4v) is 6.89. The quantitative estimate of drug-likeness (QED) is 0.234. The van der Waals surface area contributed by atoms with E-state index in [1.54, 1.807) is 0 Å². The number of carboxylic acid groups (broad SMARTS) is 1. The second-order valence-electron chi connectivity index (χ2n) is 11.0. The first-order chi connectivity index (χ1) is 19.6. The minimum atomic E-state index is -1.62. The maximum atomic E-state index is 13.0. The SMILES string of the molecule is N#CC(Cc1ccc2ccc3cccc4ccc1c2c34)(Cc1ccc2ccc3cccc4ccc1c2c34)C(=O)O. The molecule has 40 heavy (non-hydrogen) atoms. The Bertz CT molecular complexity index is 2140. The van der Waals surface area contributed by atoms with Crippen LogP contribution in [0, 0.1) is 16.7 Å². The lowest BCUT2D eigenvalue weighted by Gasteiger charge is -2.25. The Kier molecular flexibility index (Phi) is 4.64. The van der Waals surface area contributed by atoms with Crippen molar-refractivity contribution in [2.24, 2.45) is 5.41 Å². The number of carboxylic acids is 1. The molecule has 0 unspecified atom stereocenters. The van der Waals surface area contributed by atoms with E-state index in [1.165, 1.54) is 10.8 Å². The molecule has 8 rings (SSSR count). The second-order valence-corrected chi connectivity index (χ2v) is 11.0. The largest absolute Gasteiger partial charge is 0.480 e. The number of nitrogens with zero attached hydrogens (tertiary/aromatic N) is 1. The fraction of sp³-hybridized carbons (Fsp3) is 0.0811. The van der Waals surface area contributed by atoms with E-state index in [1.807, 2.05) is 12.1 Å².